The number of aromatic nitrogens is 3. The molecule has 1 amide bonds. The molecule has 2 aliphatic heterocycles. The zero-order chi connectivity index (χ0) is 16.4. The summed E-state index contributed by atoms with van der Waals surface area (Å²) in [6.07, 6.45) is 6.41. The van der Waals surface area contributed by atoms with Gasteiger partial charge in [-0.15, -0.1) is 0 Å². The Kier molecular flexibility index (Phi) is 4.44. The van der Waals surface area contributed by atoms with E-state index in [2.05, 4.69) is 15.4 Å². The van der Waals surface area contributed by atoms with E-state index in [1.54, 1.807) is 29.0 Å². The molecule has 2 aromatic rings. The number of amides is 1. The minimum Gasteiger partial charge on any atom is -0.381 e. The molecular formula is C17H22N4O3. The maximum absolute atomic E-state index is 12.6. The predicted molar refractivity (Wildman–Crippen MR) is 86.7 cm³/mol. The summed E-state index contributed by atoms with van der Waals surface area (Å²) in [5, 5.41) is 7.49. The zero-order valence-electron chi connectivity index (χ0n) is 13.6. The average molecular weight is 330 g/mol. The van der Waals surface area contributed by atoms with E-state index in [-0.39, 0.29) is 11.9 Å². The number of hydrogen-bond acceptors (Lipinski definition) is 5. The number of fused-ring (bicyclic) bond motifs is 1. The Morgan fingerprint density at radius 2 is 2.04 bits per heavy atom. The first-order valence-corrected chi connectivity index (χ1v) is 8.58. The molecule has 0 saturated carbocycles. The zero-order valence-corrected chi connectivity index (χ0v) is 13.6. The summed E-state index contributed by atoms with van der Waals surface area (Å²) in [5.74, 6) is 0.762. The summed E-state index contributed by atoms with van der Waals surface area (Å²) in [5.41, 5.74) is 1.08. The van der Waals surface area contributed by atoms with Gasteiger partial charge in [-0.2, -0.15) is 5.10 Å². The third kappa shape index (κ3) is 3.14. The van der Waals surface area contributed by atoms with Gasteiger partial charge in [0, 0.05) is 50.2 Å². The molecule has 2 aliphatic rings. The van der Waals surface area contributed by atoms with Gasteiger partial charge in [0.25, 0.3) is 5.91 Å². The van der Waals surface area contributed by atoms with Crippen molar-refractivity contribution in [1.82, 2.24) is 19.9 Å². The van der Waals surface area contributed by atoms with Crippen molar-refractivity contribution >= 4 is 11.6 Å². The van der Waals surface area contributed by atoms with Crippen molar-refractivity contribution in [1.29, 1.82) is 0 Å². The monoisotopic (exact) mass is 330 g/mol. The van der Waals surface area contributed by atoms with E-state index < -0.39 is 0 Å². The minimum absolute atomic E-state index is 0.132. The number of carbonyl (C=O) groups is 1. The fourth-order valence-electron chi connectivity index (χ4n) is 3.73. The molecule has 4 rings (SSSR count). The molecule has 0 radical (unpaired) electrons. The van der Waals surface area contributed by atoms with Crippen molar-refractivity contribution in [3.63, 3.8) is 0 Å². The van der Waals surface area contributed by atoms with Gasteiger partial charge in [0.1, 0.15) is 0 Å². The average Bonchev–Trinajstić information content (AvgIpc) is 3.07. The van der Waals surface area contributed by atoms with Crippen molar-refractivity contribution < 1.29 is 14.3 Å². The van der Waals surface area contributed by atoms with Crippen LogP contribution in [0.2, 0.25) is 0 Å². The molecule has 2 aromatic heterocycles. The summed E-state index contributed by atoms with van der Waals surface area (Å²) in [7, 11) is 0. The van der Waals surface area contributed by atoms with Gasteiger partial charge in [-0.25, -0.2) is 9.50 Å². The van der Waals surface area contributed by atoms with E-state index in [0.717, 1.165) is 32.5 Å². The third-order valence-corrected chi connectivity index (χ3v) is 5.06. The van der Waals surface area contributed by atoms with Gasteiger partial charge in [-0.3, -0.25) is 4.79 Å². The van der Waals surface area contributed by atoms with E-state index in [1.807, 2.05) is 0 Å². The molecule has 4 heterocycles. The third-order valence-electron chi connectivity index (χ3n) is 5.06. The Labute approximate surface area is 140 Å². The van der Waals surface area contributed by atoms with Gasteiger partial charge in [0.15, 0.2) is 11.3 Å². The Morgan fingerprint density at radius 3 is 2.88 bits per heavy atom. The molecule has 2 atom stereocenters. The van der Waals surface area contributed by atoms with Crippen LogP contribution in [0.25, 0.3) is 5.65 Å². The SMILES string of the molecule is O=C(N[C@H]1CCOC[C@H]1C1CCOCC1)c1cc2ncccn2n1. The van der Waals surface area contributed by atoms with Crippen molar-refractivity contribution in [2.24, 2.45) is 11.8 Å². The lowest BCUT2D eigenvalue weighted by atomic mass is 9.79. The van der Waals surface area contributed by atoms with Crippen LogP contribution in [0.15, 0.2) is 24.5 Å². The van der Waals surface area contributed by atoms with Crippen LogP contribution < -0.4 is 5.32 Å². The maximum atomic E-state index is 12.6. The van der Waals surface area contributed by atoms with Crippen LogP contribution in [0.3, 0.4) is 0 Å². The highest BCUT2D eigenvalue weighted by Gasteiger charge is 2.34. The van der Waals surface area contributed by atoms with E-state index in [0.29, 0.717) is 36.4 Å². The van der Waals surface area contributed by atoms with E-state index in [1.165, 1.54) is 0 Å². The minimum atomic E-state index is -0.135. The van der Waals surface area contributed by atoms with Crippen molar-refractivity contribution in [3.8, 4) is 0 Å². The lowest BCUT2D eigenvalue weighted by Gasteiger charge is -2.38. The second-order valence-corrected chi connectivity index (χ2v) is 6.51. The number of nitrogens with one attached hydrogen (secondary N) is 1. The molecule has 128 valence electrons. The highest BCUT2D eigenvalue weighted by Crippen LogP contribution is 2.30. The van der Waals surface area contributed by atoms with Crippen LogP contribution in [0.4, 0.5) is 0 Å². The van der Waals surface area contributed by atoms with Crippen LogP contribution in [0.5, 0.6) is 0 Å². The first-order chi connectivity index (χ1) is 11.8. The number of nitrogens with zero attached hydrogens (tertiary/aromatic N) is 3. The van der Waals surface area contributed by atoms with Crippen LogP contribution in [0.1, 0.15) is 29.8 Å². The van der Waals surface area contributed by atoms with Crippen molar-refractivity contribution in [3.05, 3.63) is 30.2 Å². The predicted octanol–water partition coefficient (Wildman–Crippen LogP) is 1.29. The molecule has 1 N–H and O–H groups in total. The lowest BCUT2D eigenvalue weighted by molar-refractivity contribution is -0.0259. The molecule has 0 aromatic carbocycles. The topological polar surface area (TPSA) is 77.8 Å². The normalized spacial score (nSPS) is 25.7. The summed E-state index contributed by atoms with van der Waals surface area (Å²) in [4.78, 5) is 16.8. The molecule has 2 fully saturated rings. The molecule has 2 saturated heterocycles. The smallest absolute Gasteiger partial charge is 0.272 e. The van der Waals surface area contributed by atoms with Crippen LogP contribution in [-0.2, 0) is 9.47 Å². The molecule has 24 heavy (non-hydrogen) atoms. The van der Waals surface area contributed by atoms with E-state index in [4.69, 9.17) is 9.47 Å². The van der Waals surface area contributed by atoms with Gasteiger partial charge in [-0.05, 0) is 31.2 Å². The Balaban J connectivity index is 1.48. The Bertz CT molecular complexity index is 678. The van der Waals surface area contributed by atoms with Crippen LogP contribution >= 0.6 is 0 Å². The molecule has 0 aliphatic carbocycles. The second kappa shape index (κ2) is 6.86. The fraction of sp³-hybridized carbons (Fsp3) is 0.588. The maximum Gasteiger partial charge on any atom is 0.272 e. The van der Waals surface area contributed by atoms with E-state index in [9.17, 15) is 4.79 Å². The molecular weight excluding hydrogens is 308 g/mol. The highest BCUT2D eigenvalue weighted by atomic mass is 16.5. The summed E-state index contributed by atoms with van der Waals surface area (Å²) in [6, 6.07) is 3.64. The number of rotatable bonds is 3. The van der Waals surface area contributed by atoms with Gasteiger partial charge in [0.2, 0.25) is 0 Å². The fourth-order valence-corrected chi connectivity index (χ4v) is 3.73. The van der Waals surface area contributed by atoms with Gasteiger partial charge in [-0.1, -0.05) is 0 Å². The second-order valence-electron chi connectivity index (χ2n) is 6.51. The van der Waals surface area contributed by atoms with Crippen LogP contribution in [-0.4, -0.2) is 53.0 Å². The molecule has 0 bridgehead atoms. The first-order valence-electron chi connectivity index (χ1n) is 8.58. The summed E-state index contributed by atoms with van der Waals surface area (Å²) < 4.78 is 12.8. The molecule has 7 heteroatoms. The van der Waals surface area contributed by atoms with Gasteiger partial charge in [0.05, 0.1) is 6.61 Å². The number of carbonyl (C=O) groups excluding carboxylic acids is 1. The lowest BCUT2D eigenvalue weighted by Crippen LogP contribution is -2.49. The first kappa shape index (κ1) is 15.5. The molecule has 0 unspecified atom stereocenters. The number of ether oxygens (including phenoxy) is 2. The van der Waals surface area contributed by atoms with Crippen molar-refractivity contribution in [2.45, 2.75) is 25.3 Å². The summed E-state index contributed by atoms with van der Waals surface area (Å²) >= 11 is 0. The van der Waals surface area contributed by atoms with Gasteiger partial charge >= 0.3 is 0 Å². The van der Waals surface area contributed by atoms with Crippen LogP contribution in [0, 0.1) is 11.8 Å². The largest absolute Gasteiger partial charge is 0.381 e. The highest BCUT2D eigenvalue weighted by molar-refractivity contribution is 5.93. The summed E-state index contributed by atoms with van der Waals surface area (Å²) in [6.45, 7) is 3.01. The standard InChI is InChI=1S/C17H22N4O3/c22-17(15-10-16-18-5-1-6-21(16)20-15)19-14-4-9-24-11-13(14)12-2-7-23-8-3-12/h1,5-6,10,12-14H,2-4,7-9,11H2,(H,19,22)/t13-,14-/m0/s1. The van der Waals surface area contributed by atoms with Gasteiger partial charge < -0.3 is 14.8 Å². The van der Waals surface area contributed by atoms with E-state index >= 15 is 0 Å². The van der Waals surface area contributed by atoms with Crippen molar-refractivity contribution in [2.75, 3.05) is 26.4 Å². The number of hydrogen-bond donors (Lipinski definition) is 1. The molecule has 7 nitrogen and oxygen atoms in total. The Morgan fingerprint density at radius 1 is 1.21 bits per heavy atom. The molecule has 0 spiro atoms. The quantitative estimate of drug-likeness (QED) is 0.917. The Hall–Kier alpha value is -1.99.